The fraction of sp³-hybridized carbons (Fsp3) is 0.621. The van der Waals surface area contributed by atoms with Crippen LogP contribution in [-0.2, 0) is 16.0 Å². The van der Waals surface area contributed by atoms with E-state index in [-0.39, 0.29) is 6.47 Å². The summed E-state index contributed by atoms with van der Waals surface area (Å²) < 4.78 is 9.94. The monoisotopic (exact) mass is 533 g/mol. The standard InChI is InChI=1S/C25H36ClN3O.C4H8O3/c1-8-19-17(4)27-14-21(23(19)29-11-9-25(6,7)10-12-29)20-13-22(26)24(28-18(20)5)30-15-16(2)3;1-4(2,6)7-3-5/h13-14,16H,8-12,15H2,1-7H3;3,6H,1-2H3. The van der Waals surface area contributed by atoms with Crippen molar-refractivity contribution in [3.8, 4) is 17.0 Å². The SMILES string of the molecule is CC(C)(O)OC=O.CCc1c(C)ncc(-c2cc(Cl)c(OCC(C)C)nc2C)c1N1CCC(C)(C)CC1. The van der Waals surface area contributed by atoms with Crippen LogP contribution in [0.2, 0.25) is 5.02 Å². The Labute approximate surface area is 227 Å². The zero-order valence-electron chi connectivity index (χ0n) is 23.9. The molecule has 1 saturated heterocycles. The molecule has 0 atom stereocenters. The van der Waals surface area contributed by atoms with Crippen LogP contribution in [0.3, 0.4) is 0 Å². The quantitative estimate of drug-likeness (QED) is 0.305. The largest absolute Gasteiger partial charge is 0.476 e. The van der Waals surface area contributed by atoms with Gasteiger partial charge in [-0.05, 0) is 56.1 Å². The smallest absolute Gasteiger partial charge is 0.295 e. The fourth-order valence-corrected chi connectivity index (χ4v) is 4.45. The van der Waals surface area contributed by atoms with Crippen LogP contribution in [0.25, 0.3) is 11.1 Å². The maximum Gasteiger partial charge on any atom is 0.295 e. The highest BCUT2D eigenvalue weighted by Crippen LogP contribution is 2.41. The van der Waals surface area contributed by atoms with Crippen LogP contribution in [0, 0.1) is 25.2 Å². The molecule has 0 bridgehead atoms. The van der Waals surface area contributed by atoms with Gasteiger partial charge in [0.25, 0.3) is 6.47 Å². The van der Waals surface area contributed by atoms with Crippen molar-refractivity contribution in [1.82, 2.24) is 9.97 Å². The third kappa shape index (κ3) is 8.85. The van der Waals surface area contributed by atoms with E-state index in [0.29, 0.717) is 28.8 Å². The summed E-state index contributed by atoms with van der Waals surface area (Å²) in [6.07, 6.45) is 5.34. The summed E-state index contributed by atoms with van der Waals surface area (Å²) in [5.41, 5.74) is 7.22. The van der Waals surface area contributed by atoms with E-state index >= 15 is 0 Å². The maximum absolute atomic E-state index is 9.44. The number of rotatable bonds is 8. The molecule has 0 aromatic carbocycles. The van der Waals surface area contributed by atoms with E-state index in [9.17, 15) is 4.79 Å². The first-order valence-electron chi connectivity index (χ1n) is 13.1. The Kier molecular flexibility index (Phi) is 10.8. The van der Waals surface area contributed by atoms with Gasteiger partial charge >= 0.3 is 0 Å². The number of anilines is 1. The Morgan fingerprint density at radius 3 is 2.30 bits per heavy atom. The predicted molar refractivity (Wildman–Crippen MR) is 150 cm³/mol. The summed E-state index contributed by atoms with van der Waals surface area (Å²) in [5, 5.41) is 9.12. The van der Waals surface area contributed by atoms with E-state index in [2.05, 4.69) is 51.2 Å². The first-order valence-corrected chi connectivity index (χ1v) is 13.4. The number of piperidine rings is 1. The number of pyridine rings is 2. The van der Waals surface area contributed by atoms with Gasteiger partial charge in [-0.3, -0.25) is 9.78 Å². The van der Waals surface area contributed by atoms with Gasteiger partial charge in [0.1, 0.15) is 5.02 Å². The van der Waals surface area contributed by atoms with E-state index < -0.39 is 5.79 Å². The lowest BCUT2D eigenvalue weighted by atomic mass is 9.82. The van der Waals surface area contributed by atoms with Crippen molar-refractivity contribution in [3.05, 3.63) is 34.2 Å². The van der Waals surface area contributed by atoms with Gasteiger partial charge in [-0.25, -0.2) is 4.98 Å². The fourth-order valence-electron chi connectivity index (χ4n) is 4.25. The molecular weight excluding hydrogens is 490 g/mol. The second kappa shape index (κ2) is 12.9. The van der Waals surface area contributed by atoms with Gasteiger partial charge in [0.15, 0.2) is 0 Å². The van der Waals surface area contributed by atoms with Gasteiger partial charge in [-0.1, -0.05) is 46.2 Å². The molecule has 1 N–H and O–H groups in total. The minimum atomic E-state index is -1.32. The molecule has 206 valence electrons. The molecule has 0 spiro atoms. The minimum absolute atomic E-state index is 0.208. The average molecular weight is 534 g/mol. The molecule has 0 radical (unpaired) electrons. The van der Waals surface area contributed by atoms with Gasteiger partial charge in [0.05, 0.1) is 12.3 Å². The summed E-state index contributed by atoms with van der Waals surface area (Å²) in [5.74, 6) is -0.378. The van der Waals surface area contributed by atoms with Crippen LogP contribution in [0.15, 0.2) is 12.3 Å². The van der Waals surface area contributed by atoms with Gasteiger partial charge in [0, 0.05) is 55.6 Å². The third-order valence-electron chi connectivity index (χ3n) is 6.47. The van der Waals surface area contributed by atoms with Crippen molar-refractivity contribution in [1.29, 1.82) is 0 Å². The first kappa shape index (κ1) is 30.8. The van der Waals surface area contributed by atoms with Crippen molar-refractivity contribution in [3.63, 3.8) is 0 Å². The highest BCUT2D eigenvalue weighted by Gasteiger charge is 2.29. The summed E-state index contributed by atoms with van der Waals surface area (Å²) in [6.45, 7) is 21.0. The van der Waals surface area contributed by atoms with Gasteiger partial charge in [-0.15, -0.1) is 0 Å². The Morgan fingerprint density at radius 2 is 1.81 bits per heavy atom. The molecule has 7 nitrogen and oxygen atoms in total. The second-order valence-corrected chi connectivity index (χ2v) is 11.8. The van der Waals surface area contributed by atoms with Crippen LogP contribution in [0.5, 0.6) is 5.88 Å². The zero-order chi connectivity index (χ0) is 28.0. The lowest BCUT2D eigenvalue weighted by Gasteiger charge is -2.40. The number of nitrogens with zero attached hydrogens (tertiary/aromatic N) is 3. The van der Waals surface area contributed by atoms with E-state index in [1.54, 1.807) is 0 Å². The summed E-state index contributed by atoms with van der Waals surface area (Å²) in [6, 6.07) is 2.00. The number of aryl methyl sites for hydroxylation is 2. The number of aliphatic hydroxyl groups is 1. The summed E-state index contributed by atoms with van der Waals surface area (Å²) in [4.78, 5) is 21.4. The second-order valence-electron chi connectivity index (χ2n) is 11.4. The topological polar surface area (TPSA) is 84.8 Å². The molecule has 3 rings (SSSR count). The van der Waals surface area contributed by atoms with E-state index in [0.717, 1.165) is 42.0 Å². The van der Waals surface area contributed by atoms with Crippen molar-refractivity contribution >= 4 is 23.8 Å². The van der Waals surface area contributed by atoms with Crippen LogP contribution in [0.4, 0.5) is 5.69 Å². The average Bonchev–Trinajstić information content (AvgIpc) is 2.79. The Hall–Kier alpha value is -2.38. The van der Waals surface area contributed by atoms with Crippen LogP contribution < -0.4 is 9.64 Å². The van der Waals surface area contributed by atoms with Crippen LogP contribution >= 0.6 is 11.6 Å². The van der Waals surface area contributed by atoms with E-state index in [1.165, 1.54) is 37.9 Å². The van der Waals surface area contributed by atoms with Crippen molar-refractivity contribution in [2.24, 2.45) is 11.3 Å². The molecule has 1 fully saturated rings. The molecule has 2 aromatic heterocycles. The minimum Gasteiger partial charge on any atom is -0.476 e. The molecule has 3 heterocycles. The number of carbonyl (C=O) groups excluding carboxylic acids is 1. The highest BCUT2D eigenvalue weighted by molar-refractivity contribution is 6.32. The molecule has 1 aliphatic rings. The van der Waals surface area contributed by atoms with Crippen LogP contribution in [0.1, 0.15) is 78.3 Å². The van der Waals surface area contributed by atoms with Crippen molar-refractivity contribution in [2.45, 2.75) is 87.4 Å². The zero-order valence-corrected chi connectivity index (χ0v) is 24.7. The lowest BCUT2D eigenvalue weighted by molar-refractivity contribution is -0.179. The summed E-state index contributed by atoms with van der Waals surface area (Å²) >= 11 is 6.59. The maximum atomic E-state index is 9.44. The molecular formula is C29H44ClN3O4. The molecule has 8 heteroatoms. The third-order valence-corrected chi connectivity index (χ3v) is 6.74. The highest BCUT2D eigenvalue weighted by atomic mass is 35.5. The van der Waals surface area contributed by atoms with E-state index in [4.69, 9.17) is 31.4 Å². The number of hydrogen-bond donors (Lipinski definition) is 1. The number of ether oxygens (including phenoxy) is 2. The first-order chi connectivity index (χ1) is 17.2. The number of halogens is 1. The normalized spacial score (nSPS) is 15.2. The van der Waals surface area contributed by atoms with Crippen molar-refractivity contribution in [2.75, 3.05) is 24.6 Å². The molecule has 1 aliphatic heterocycles. The molecule has 0 aliphatic carbocycles. The Bertz CT molecular complexity index is 1050. The predicted octanol–water partition coefficient (Wildman–Crippen LogP) is 6.53. The molecule has 0 saturated carbocycles. The molecule has 0 unspecified atom stereocenters. The Balaban J connectivity index is 0.000000604. The molecule has 37 heavy (non-hydrogen) atoms. The number of carbonyl (C=O) groups is 1. The van der Waals surface area contributed by atoms with Crippen LogP contribution in [-0.4, -0.2) is 47.0 Å². The molecule has 0 amide bonds. The number of aromatic nitrogens is 2. The van der Waals surface area contributed by atoms with Gasteiger partial charge < -0.3 is 19.5 Å². The van der Waals surface area contributed by atoms with E-state index in [1.807, 2.05) is 19.2 Å². The van der Waals surface area contributed by atoms with Crippen molar-refractivity contribution < 1.29 is 19.4 Å². The number of hydrogen-bond acceptors (Lipinski definition) is 7. The molecule has 2 aromatic rings. The van der Waals surface area contributed by atoms with Gasteiger partial charge in [0.2, 0.25) is 11.7 Å². The summed E-state index contributed by atoms with van der Waals surface area (Å²) in [7, 11) is 0. The Morgan fingerprint density at radius 1 is 1.19 bits per heavy atom. The van der Waals surface area contributed by atoms with Gasteiger partial charge in [-0.2, -0.15) is 0 Å². The lowest BCUT2D eigenvalue weighted by Crippen LogP contribution is -2.38.